The Bertz CT molecular complexity index is 852. The number of hydrogen-bond donors (Lipinski definition) is 1. The third kappa shape index (κ3) is 3.26. The molecule has 1 atom stereocenters. The van der Waals surface area contributed by atoms with Gasteiger partial charge in [0.05, 0.1) is 10.6 Å². The number of anilines is 1. The molecule has 0 amide bonds. The Hall–Kier alpha value is -1.85. The van der Waals surface area contributed by atoms with Crippen molar-refractivity contribution in [3.8, 4) is 10.6 Å². The monoisotopic (exact) mass is 412 g/mol. The lowest BCUT2D eigenvalue weighted by atomic mass is 10.1. The summed E-state index contributed by atoms with van der Waals surface area (Å²) in [4.78, 5) is 7.52. The number of nitrogens with zero attached hydrogens (tertiary/aromatic N) is 4. The van der Waals surface area contributed by atoms with E-state index in [1.54, 1.807) is 11.4 Å². The molecule has 1 aliphatic rings. The van der Waals surface area contributed by atoms with Gasteiger partial charge in [-0.05, 0) is 36.0 Å². The average molecular weight is 413 g/mol. The predicted octanol–water partition coefficient (Wildman–Crippen LogP) is 4.33. The van der Waals surface area contributed by atoms with Gasteiger partial charge in [-0.3, -0.25) is 0 Å². The molecule has 140 valence electrons. The largest absolute Gasteiger partial charge is 0.433 e. The van der Waals surface area contributed by atoms with Gasteiger partial charge in [0.2, 0.25) is 11.7 Å². The Kier molecular flexibility index (Phi) is 4.44. The number of aromatic nitrogens is 2. The van der Waals surface area contributed by atoms with Crippen LogP contribution in [0.3, 0.4) is 0 Å². The molecular weight excluding hydrogens is 403 g/mol. The molecule has 1 N–H and O–H groups in total. The van der Waals surface area contributed by atoms with E-state index in [0.29, 0.717) is 10.9 Å². The lowest BCUT2D eigenvalue weighted by Crippen LogP contribution is -2.55. The van der Waals surface area contributed by atoms with E-state index in [1.807, 2.05) is 0 Å². The number of hydrazone groups is 1. The molecule has 0 saturated heterocycles. The van der Waals surface area contributed by atoms with Crippen molar-refractivity contribution in [3.63, 3.8) is 0 Å². The molecule has 0 saturated carbocycles. The molecule has 0 unspecified atom stereocenters. The Labute approximate surface area is 152 Å². The van der Waals surface area contributed by atoms with Gasteiger partial charge in [0.1, 0.15) is 0 Å². The normalized spacial score (nSPS) is 21.2. The number of alkyl halides is 6. The van der Waals surface area contributed by atoms with Gasteiger partial charge in [-0.1, -0.05) is 6.07 Å². The maximum absolute atomic E-state index is 13.8. The maximum atomic E-state index is 13.8. The fourth-order valence-corrected chi connectivity index (χ4v) is 3.21. The van der Waals surface area contributed by atoms with E-state index in [2.05, 4.69) is 15.1 Å². The smallest absolute Gasteiger partial charge is 0.363 e. The molecule has 0 spiro atoms. The first-order valence-electron chi connectivity index (χ1n) is 7.05. The van der Waals surface area contributed by atoms with Gasteiger partial charge < -0.3 is 5.11 Å². The second-order valence-corrected chi connectivity index (χ2v) is 6.97. The first-order chi connectivity index (χ1) is 11.9. The van der Waals surface area contributed by atoms with E-state index in [1.165, 1.54) is 13.0 Å². The van der Waals surface area contributed by atoms with Crippen LogP contribution in [0.25, 0.3) is 10.6 Å². The summed E-state index contributed by atoms with van der Waals surface area (Å²) in [5.74, 6) is -0.831. The molecule has 5 nitrogen and oxygen atoms in total. The van der Waals surface area contributed by atoms with Crippen LogP contribution in [0.1, 0.15) is 19.0 Å². The van der Waals surface area contributed by atoms with Crippen molar-refractivity contribution < 1.29 is 27.1 Å². The van der Waals surface area contributed by atoms with Gasteiger partial charge in [0, 0.05) is 12.1 Å². The standard InChI is InChI=1S/C14H10ClF5N4OS/c1-7-6-12(25,14(15,19)20)24(23-7)11-21-8(9-3-2-4-26-9)5-10(22-11)13(16,17)18/h2-5,25H,6H2,1H3/t12-/m1/s1. The SMILES string of the molecule is CC1=NN(c2nc(-c3cccs3)cc(C(F)(F)F)n2)[C@](O)(C(F)(F)Cl)C1. The second-order valence-electron chi connectivity index (χ2n) is 5.55. The highest BCUT2D eigenvalue weighted by atomic mass is 35.5. The quantitative estimate of drug-likeness (QED) is 0.602. The predicted molar refractivity (Wildman–Crippen MR) is 86.3 cm³/mol. The molecule has 0 aliphatic carbocycles. The van der Waals surface area contributed by atoms with Crippen LogP contribution < -0.4 is 5.01 Å². The number of rotatable bonds is 3. The minimum absolute atomic E-state index is 0.0338. The molecule has 0 radical (unpaired) electrons. The lowest BCUT2D eigenvalue weighted by molar-refractivity contribution is -0.141. The van der Waals surface area contributed by atoms with E-state index >= 15 is 0 Å². The maximum Gasteiger partial charge on any atom is 0.433 e. The topological polar surface area (TPSA) is 61.6 Å². The molecule has 2 aromatic rings. The van der Waals surface area contributed by atoms with E-state index in [0.717, 1.165) is 11.3 Å². The van der Waals surface area contributed by atoms with Crippen LogP contribution in [-0.4, -0.2) is 31.9 Å². The van der Waals surface area contributed by atoms with Crippen molar-refractivity contribution in [2.24, 2.45) is 5.10 Å². The molecule has 0 aromatic carbocycles. The molecular formula is C14H10ClF5N4OS. The number of hydrogen-bond acceptors (Lipinski definition) is 6. The Morgan fingerprint density at radius 3 is 2.50 bits per heavy atom. The van der Waals surface area contributed by atoms with Crippen LogP contribution in [-0.2, 0) is 6.18 Å². The first-order valence-corrected chi connectivity index (χ1v) is 8.31. The summed E-state index contributed by atoms with van der Waals surface area (Å²) >= 11 is 6.09. The summed E-state index contributed by atoms with van der Waals surface area (Å²) in [6.45, 7) is 1.32. The van der Waals surface area contributed by atoms with E-state index in [-0.39, 0.29) is 16.4 Å². The van der Waals surface area contributed by atoms with Crippen molar-refractivity contribution in [3.05, 3.63) is 29.3 Å². The minimum atomic E-state index is -4.86. The molecule has 2 aromatic heterocycles. The summed E-state index contributed by atoms with van der Waals surface area (Å²) in [6, 6.07) is 3.80. The van der Waals surface area contributed by atoms with Crippen LogP contribution >= 0.6 is 22.9 Å². The number of halogens is 6. The molecule has 3 rings (SSSR count). The second kappa shape index (κ2) is 6.10. The number of thiophene rings is 1. The fraction of sp³-hybridized carbons (Fsp3) is 0.357. The summed E-state index contributed by atoms with van der Waals surface area (Å²) in [6.07, 6.45) is -5.54. The zero-order chi connectivity index (χ0) is 19.3. The third-order valence-electron chi connectivity index (χ3n) is 3.55. The number of aliphatic hydroxyl groups is 1. The molecule has 12 heteroatoms. The van der Waals surface area contributed by atoms with Crippen LogP contribution in [0.5, 0.6) is 0 Å². The highest BCUT2D eigenvalue weighted by Gasteiger charge is 2.60. The van der Waals surface area contributed by atoms with E-state index < -0.39 is 35.3 Å². The summed E-state index contributed by atoms with van der Waals surface area (Å²) in [5.41, 5.74) is -4.55. The van der Waals surface area contributed by atoms with E-state index in [9.17, 15) is 27.1 Å². The Morgan fingerprint density at radius 2 is 1.96 bits per heavy atom. The van der Waals surface area contributed by atoms with Gasteiger partial charge in [-0.25, -0.2) is 9.97 Å². The summed E-state index contributed by atoms with van der Waals surface area (Å²) in [5, 5.41) is 11.6. The summed E-state index contributed by atoms with van der Waals surface area (Å²) in [7, 11) is 0. The van der Waals surface area contributed by atoms with Crippen LogP contribution in [0.15, 0.2) is 28.7 Å². The molecule has 0 bridgehead atoms. The van der Waals surface area contributed by atoms with Crippen molar-refractivity contribution in [2.45, 2.75) is 30.6 Å². The molecule has 26 heavy (non-hydrogen) atoms. The average Bonchev–Trinajstić information content (AvgIpc) is 3.13. The fourth-order valence-electron chi connectivity index (χ4n) is 2.38. The van der Waals surface area contributed by atoms with Crippen LogP contribution in [0.4, 0.5) is 27.9 Å². The minimum Gasteiger partial charge on any atom is -0.363 e. The van der Waals surface area contributed by atoms with Gasteiger partial charge in [-0.2, -0.15) is 32.1 Å². The lowest BCUT2D eigenvalue weighted by Gasteiger charge is -2.34. The van der Waals surface area contributed by atoms with E-state index in [4.69, 9.17) is 11.6 Å². The highest BCUT2D eigenvalue weighted by molar-refractivity contribution is 7.13. The van der Waals surface area contributed by atoms with Gasteiger partial charge in [0.15, 0.2) is 5.69 Å². The summed E-state index contributed by atoms with van der Waals surface area (Å²) < 4.78 is 67.1. The van der Waals surface area contributed by atoms with Crippen molar-refractivity contribution in [2.75, 3.05) is 5.01 Å². The molecule has 0 fully saturated rings. The molecule has 1 aliphatic heterocycles. The van der Waals surface area contributed by atoms with Gasteiger partial charge >= 0.3 is 11.6 Å². The molecule has 3 heterocycles. The van der Waals surface area contributed by atoms with Crippen LogP contribution in [0.2, 0.25) is 0 Å². The zero-order valence-corrected chi connectivity index (χ0v) is 14.5. The highest BCUT2D eigenvalue weighted by Crippen LogP contribution is 2.44. The third-order valence-corrected chi connectivity index (χ3v) is 4.74. The van der Waals surface area contributed by atoms with Gasteiger partial charge in [0.25, 0.3) is 0 Å². The Balaban J connectivity index is 2.19. The van der Waals surface area contributed by atoms with Crippen molar-refractivity contribution >= 4 is 34.6 Å². The van der Waals surface area contributed by atoms with Crippen molar-refractivity contribution in [1.82, 2.24) is 9.97 Å². The Morgan fingerprint density at radius 1 is 1.27 bits per heavy atom. The van der Waals surface area contributed by atoms with Crippen LogP contribution in [0, 0.1) is 0 Å². The van der Waals surface area contributed by atoms with Crippen molar-refractivity contribution in [1.29, 1.82) is 0 Å². The zero-order valence-electron chi connectivity index (χ0n) is 12.9. The van der Waals surface area contributed by atoms with Gasteiger partial charge in [-0.15, -0.1) is 11.3 Å². The first kappa shape index (κ1) is 18.9.